The molecule has 1 saturated heterocycles. The minimum atomic E-state index is -1.00. The summed E-state index contributed by atoms with van der Waals surface area (Å²) < 4.78 is 12.8. The fraction of sp³-hybridized carbons (Fsp3) is 0.857. The second-order valence-electron chi connectivity index (χ2n) is 3.61. The summed E-state index contributed by atoms with van der Waals surface area (Å²) in [4.78, 5) is 10.8. The van der Waals surface area contributed by atoms with Crippen LogP contribution >= 0.6 is 0 Å². The first-order valence-electron chi connectivity index (χ1n) is 3.88. The second kappa shape index (κ2) is 2.29. The van der Waals surface area contributed by atoms with Crippen LogP contribution in [0, 0.1) is 11.3 Å². The van der Waals surface area contributed by atoms with Gasteiger partial charge in [0.1, 0.15) is 0 Å². The molecule has 2 aliphatic rings. The van der Waals surface area contributed by atoms with E-state index < -0.39 is 22.4 Å². The number of piperidine rings is 1. The predicted molar refractivity (Wildman–Crippen MR) is 43.8 cm³/mol. The van der Waals surface area contributed by atoms with Gasteiger partial charge in [0.15, 0.2) is 0 Å². The van der Waals surface area contributed by atoms with Crippen LogP contribution in [-0.2, 0) is 15.8 Å². The highest BCUT2D eigenvalue weighted by molar-refractivity contribution is 7.81. The molecule has 2 rings (SSSR count). The highest BCUT2D eigenvalue weighted by atomic mass is 32.2. The fourth-order valence-electron chi connectivity index (χ4n) is 1.96. The van der Waals surface area contributed by atoms with Gasteiger partial charge in [-0.25, -0.2) is 8.51 Å². The van der Waals surface area contributed by atoms with Gasteiger partial charge >= 0.3 is 5.97 Å². The monoisotopic (exact) mass is 189 g/mol. The summed E-state index contributed by atoms with van der Waals surface area (Å²) in [6, 6.07) is 0. The number of carboxylic acids is 1. The highest BCUT2D eigenvalue weighted by Crippen LogP contribution is 2.58. The van der Waals surface area contributed by atoms with Crippen LogP contribution in [0.3, 0.4) is 0 Å². The van der Waals surface area contributed by atoms with Crippen LogP contribution in [-0.4, -0.2) is 38.9 Å². The van der Waals surface area contributed by atoms with Crippen LogP contribution in [0.25, 0.3) is 0 Å². The number of rotatable bonds is 2. The van der Waals surface area contributed by atoms with Crippen molar-refractivity contribution in [1.82, 2.24) is 4.31 Å². The van der Waals surface area contributed by atoms with E-state index in [1.165, 1.54) is 0 Å². The zero-order valence-electron chi connectivity index (χ0n) is 6.82. The molecule has 4 nitrogen and oxygen atoms in total. The molecule has 0 spiro atoms. The Balaban J connectivity index is 2.10. The van der Waals surface area contributed by atoms with Crippen molar-refractivity contribution in [3.8, 4) is 0 Å². The Hall–Kier alpha value is -0.420. The lowest BCUT2D eigenvalue weighted by atomic mass is 10.1. The Bertz CT molecular complexity index is 267. The lowest BCUT2D eigenvalue weighted by molar-refractivity contribution is -0.143. The fourth-order valence-corrected chi connectivity index (χ4v) is 2.77. The minimum Gasteiger partial charge on any atom is -0.481 e. The van der Waals surface area contributed by atoms with E-state index in [1.807, 2.05) is 0 Å². The molecule has 12 heavy (non-hydrogen) atoms. The van der Waals surface area contributed by atoms with Gasteiger partial charge < -0.3 is 5.11 Å². The maximum atomic E-state index is 11.0. The maximum absolute atomic E-state index is 11.0. The van der Waals surface area contributed by atoms with Crippen molar-refractivity contribution in [2.45, 2.75) is 6.42 Å². The van der Waals surface area contributed by atoms with E-state index in [4.69, 9.17) is 5.11 Å². The van der Waals surface area contributed by atoms with Crippen LogP contribution in [0.5, 0.6) is 0 Å². The average Bonchev–Trinajstić information content (AvgIpc) is 2.55. The first-order chi connectivity index (χ1) is 5.56. The van der Waals surface area contributed by atoms with E-state index in [9.17, 15) is 9.00 Å². The summed E-state index contributed by atoms with van der Waals surface area (Å²) in [6.45, 7) is 1.16. The molecule has 1 heterocycles. The van der Waals surface area contributed by atoms with Gasteiger partial charge in [-0.3, -0.25) is 4.79 Å². The van der Waals surface area contributed by atoms with Crippen LogP contribution in [0.1, 0.15) is 6.42 Å². The Morgan fingerprint density at radius 2 is 2.42 bits per heavy atom. The van der Waals surface area contributed by atoms with E-state index in [0.29, 0.717) is 13.1 Å². The van der Waals surface area contributed by atoms with E-state index in [1.54, 1.807) is 10.6 Å². The van der Waals surface area contributed by atoms with Gasteiger partial charge in [-0.1, -0.05) is 0 Å². The SMILES string of the molecule is CS(=O)N1CC2CC2(C(=O)O)C1. The van der Waals surface area contributed by atoms with Gasteiger partial charge in [0.2, 0.25) is 0 Å². The molecule has 0 amide bonds. The molecular formula is C7H11NO3S. The van der Waals surface area contributed by atoms with Gasteiger partial charge in [0, 0.05) is 19.3 Å². The van der Waals surface area contributed by atoms with Crippen molar-refractivity contribution in [2.24, 2.45) is 11.3 Å². The molecule has 0 aromatic heterocycles. The number of aliphatic carboxylic acids is 1. The van der Waals surface area contributed by atoms with Crippen molar-refractivity contribution in [3.05, 3.63) is 0 Å². The first-order valence-corrected chi connectivity index (χ1v) is 5.39. The Labute approximate surface area is 73.1 Å². The summed E-state index contributed by atoms with van der Waals surface area (Å²) in [6.07, 6.45) is 2.37. The van der Waals surface area contributed by atoms with Crippen LogP contribution < -0.4 is 0 Å². The zero-order valence-corrected chi connectivity index (χ0v) is 7.63. The smallest absolute Gasteiger partial charge is 0.311 e. The number of nitrogens with zero attached hydrogens (tertiary/aromatic N) is 1. The van der Waals surface area contributed by atoms with E-state index in [0.717, 1.165) is 6.42 Å². The Morgan fingerprint density at radius 3 is 2.75 bits per heavy atom. The van der Waals surface area contributed by atoms with Crippen molar-refractivity contribution in [1.29, 1.82) is 0 Å². The largest absolute Gasteiger partial charge is 0.481 e. The minimum absolute atomic E-state index is 0.249. The Kier molecular flexibility index (Phi) is 1.56. The molecule has 0 aromatic carbocycles. The number of hydrogen-bond acceptors (Lipinski definition) is 2. The molecule has 1 saturated carbocycles. The second-order valence-corrected chi connectivity index (χ2v) is 4.97. The van der Waals surface area contributed by atoms with Gasteiger partial charge in [0.25, 0.3) is 0 Å². The van der Waals surface area contributed by atoms with Gasteiger partial charge in [-0.15, -0.1) is 0 Å². The molecule has 68 valence electrons. The molecule has 0 radical (unpaired) electrons. The van der Waals surface area contributed by atoms with Crippen LogP contribution in [0.15, 0.2) is 0 Å². The number of fused-ring (bicyclic) bond motifs is 1. The summed E-state index contributed by atoms with van der Waals surface area (Å²) in [5.74, 6) is -0.473. The van der Waals surface area contributed by atoms with Gasteiger partial charge in [-0.2, -0.15) is 0 Å². The normalized spacial score (nSPS) is 42.2. The molecular weight excluding hydrogens is 178 g/mol. The highest BCUT2D eigenvalue weighted by Gasteiger charge is 2.65. The third kappa shape index (κ3) is 0.927. The van der Waals surface area contributed by atoms with Crippen LogP contribution in [0.4, 0.5) is 0 Å². The molecule has 5 heteroatoms. The molecule has 1 aliphatic carbocycles. The number of carboxylic acid groups (broad SMARTS) is 1. The third-order valence-corrected chi connectivity index (χ3v) is 3.91. The van der Waals surface area contributed by atoms with E-state index in [-0.39, 0.29) is 5.92 Å². The summed E-state index contributed by atoms with van der Waals surface area (Å²) in [5.41, 5.74) is -0.536. The van der Waals surface area contributed by atoms with Crippen molar-refractivity contribution >= 4 is 17.0 Å². The maximum Gasteiger partial charge on any atom is 0.311 e. The first kappa shape index (κ1) is 8.19. The van der Waals surface area contributed by atoms with Crippen molar-refractivity contribution < 1.29 is 14.1 Å². The lowest BCUT2D eigenvalue weighted by Crippen LogP contribution is -2.29. The van der Waals surface area contributed by atoms with Crippen LogP contribution in [0.2, 0.25) is 0 Å². The van der Waals surface area contributed by atoms with E-state index >= 15 is 0 Å². The Morgan fingerprint density at radius 1 is 1.75 bits per heavy atom. The lowest BCUT2D eigenvalue weighted by Gasteiger charge is -2.14. The molecule has 3 unspecified atom stereocenters. The van der Waals surface area contributed by atoms with E-state index in [2.05, 4.69) is 0 Å². The molecule has 1 N–H and O–H groups in total. The molecule has 0 aromatic rings. The summed E-state index contributed by atoms with van der Waals surface area (Å²) in [5, 5.41) is 8.89. The predicted octanol–water partition coefficient (Wildman–Crippen LogP) is -0.314. The molecule has 2 fully saturated rings. The van der Waals surface area contributed by atoms with Gasteiger partial charge in [0.05, 0.1) is 16.4 Å². The average molecular weight is 189 g/mol. The molecule has 0 bridgehead atoms. The third-order valence-electron chi connectivity index (χ3n) is 2.90. The van der Waals surface area contributed by atoms with Crippen molar-refractivity contribution in [2.75, 3.05) is 19.3 Å². The number of carbonyl (C=O) groups is 1. The van der Waals surface area contributed by atoms with Gasteiger partial charge in [-0.05, 0) is 12.3 Å². The topological polar surface area (TPSA) is 57.6 Å². The zero-order chi connectivity index (χ0) is 8.93. The molecule has 3 atom stereocenters. The summed E-state index contributed by atoms with van der Waals surface area (Å²) >= 11 is 0. The quantitative estimate of drug-likeness (QED) is 0.648. The van der Waals surface area contributed by atoms with Crippen molar-refractivity contribution in [3.63, 3.8) is 0 Å². The summed E-state index contributed by atoms with van der Waals surface area (Å²) in [7, 11) is -1.00. The standard InChI is InChI=1S/C7H11NO3S/c1-12(11)8-3-5-2-7(5,4-8)6(9)10/h5H,2-4H2,1H3,(H,9,10). The molecule has 1 aliphatic heterocycles. The number of hydrogen-bond donors (Lipinski definition) is 1.